The summed E-state index contributed by atoms with van der Waals surface area (Å²) in [6.45, 7) is 8.12. The molecule has 0 saturated carbocycles. The van der Waals surface area contributed by atoms with Gasteiger partial charge in [0.25, 0.3) is 0 Å². The van der Waals surface area contributed by atoms with Crippen LogP contribution in [0.1, 0.15) is 29.7 Å². The Labute approximate surface area is 123 Å². The molecule has 0 aromatic carbocycles. The molecule has 3 rings (SSSR count). The zero-order valence-corrected chi connectivity index (χ0v) is 12.8. The molecular formula is C15H20N6. The molecule has 0 aliphatic rings. The van der Waals surface area contributed by atoms with Crippen LogP contribution in [0.15, 0.2) is 18.2 Å². The first-order chi connectivity index (χ1) is 10.0. The van der Waals surface area contributed by atoms with Crippen LogP contribution in [0.5, 0.6) is 0 Å². The second-order valence-electron chi connectivity index (χ2n) is 5.63. The number of fused-ring (bicyclic) bond motifs is 1. The smallest absolute Gasteiger partial charge is 0.157 e. The van der Waals surface area contributed by atoms with Gasteiger partial charge < -0.3 is 5.32 Å². The summed E-state index contributed by atoms with van der Waals surface area (Å²) in [5.41, 5.74) is 4.96. The molecule has 0 unspecified atom stereocenters. The van der Waals surface area contributed by atoms with Crippen molar-refractivity contribution in [3.05, 3.63) is 41.0 Å². The minimum absolute atomic E-state index is 0.252. The number of nitrogens with one attached hydrogen (secondary N) is 2. The summed E-state index contributed by atoms with van der Waals surface area (Å²) in [4.78, 5) is 4.49. The summed E-state index contributed by atoms with van der Waals surface area (Å²) in [6, 6.07) is 6.33. The van der Waals surface area contributed by atoms with E-state index in [2.05, 4.69) is 38.6 Å². The quantitative estimate of drug-likeness (QED) is 0.772. The number of rotatable bonds is 4. The first-order valence-electron chi connectivity index (χ1n) is 7.13. The monoisotopic (exact) mass is 284 g/mol. The normalized spacial score (nSPS) is 12.8. The van der Waals surface area contributed by atoms with Gasteiger partial charge in [-0.25, -0.2) is 4.98 Å². The molecule has 0 saturated heterocycles. The number of hydrogen-bond acceptors (Lipinski definition) is 4. The second kappa shape index (κ2) is 5.20. The molecule has 0 aliphatic heterocycles. The van der Waals surface area contributed by atoms with Crippen molar-refractivity contribution >= 4 is 11.5 Å². The maximum absolute atomic E-state index is 4.49. The molecule has 21 heavy (non-hydrogen) atoms. The van der Waals surface area contributed by atoms with E-state index in [1.165, 1.54) is 0 Å². The van der Waals surface area contributed by atoms with E-state index in [4.69, 9.17) is 0 Å². The Morgan fingerprint density at radius 3 is 2.71 bits per heavy atom. The van der Waals surface area contributed by atoms with E-state index < -0.39 is 0 Å². The molecule has 6 nitrogen and oxygen atoms in total. The molecule has 0 fully saturated rings. The fraction of sp³-hybridized carbons (Fsp3) is 0.400. The maximum Gasteiger partial charge on any atom is 0.157 e. The largest absolute Gasteiger partial charge is 0.367 e. The highest BCUT2D eigenvalue weighted by atomic mass is 15.3. The number of H-pyrrole nitrogens is 1. The third-order valence-corrected chi connectivity index (χ3v) is 3.35. The Morgan fingerprint density at radius 1 is 1.19 bits per heavy atom. The van der Waals surface area contributed by atoms with Crippen molar-refractivity contribution in [1.82, 2.24) is 24.8 Å². The van der Waals surface area contributed by atoms with Crippen LogP contribution >= 0.6 is 0 Å². The van der Waals surface area contributed by atoms with Crippen molar-refractivity contribution in [2.24, 2.45) is 0 Å². The minimum atomic E-state index is 0.252. The van der Waals surface area contributed by atoms with Gasteiger partial charge in [-0.05, 0) is 33.8 Å². The highest BCUT2D eigenvalue weighted by molar-refractivity contribution is 5.50. The third-order valence-electron chi connectivity index (χ3n) is 3.35. The van der Waals surface area contributed by atoms with Crippen LogP contribution in [0, 0.1) is 20.8 Å². The van der Waals surface area contributed by atoms with Crippen molar-refractivity contribution in [1.29, 1.82) is 0 Å². The zero-order valence-electron chi connectivity index (χ0n) is 12.8. The summed E-state index contributed by atoms with van der Waals surface area (Å²) in [6.07, 6.45) is 0.855. The Bertz CT molecular complexity index is 770. The second-order valence-corrected chi connectivity index (χ2v) is 5.63. The van der Waals surface area contributed by atoms with E-state index >= 15 is 0 Å². The van der Waals surface area contributed by atoms with Gasteiger partial charge in [0.15, 0.2) is 5.65 Å². The molecule has 110 valence electrons. The van der Waals surface area contributed by atoms with E-state index in [0.717, 1.165) is 40.7 Å². The molecule has 3 aromatic rings. The van der Waals surface area contributed by atoms with Crippen LogP contribution in [-0.4, -0.2) is 30.8 Å². The predicted molar refractivity (Wildman–Crippen MR) is 82.6 cm³/mol. The lowest BCUT2D eigenvalue weighted by Gasteiger charge is -2.15. The van der Waals surface area contributed by atoms with Gasteiger partial charge in [0.1, 0.15) is 5.82 Å². The number of aromatic amines is 1. The Balaban J connectivity index is 1.83. The number of aromatic nitrogens is 5. The van der Waals surface area contributed by atoms with Crippen molar-refractivity contribution in [2.45, 2.75) is 40.2 Å². The van der Waals surface area contributed by atoms with Gasteiger partial charge in [-0.2, -0.15) is 14.7 Å². The summed E-state index contributed by atoms with van der Waals surface area (Å²) >= 11 is 0. The van der Waals surface area contributed by atoms with Crippen molar-refractivity contribution in [3.63, 3.8) is 0 Å². The average molecular weight is 284 g/mol. The fourth-order valence-corrected chi connectivity index (χ4v) is 2.51. The van der Waals surface area contributed by atoms with Crippen molar-refractivity contribution in [2.75, 3.05) is 5.32 Å². The van der Waals surface area contributed by atoms with Crippen molar-refractivity contribution < 1.29 is 0 Å². The van der Waals surface area contributed by atoms with Crippen LogP contribution in [0.3, 0.4) is 0 Å². The highest BCUT2D eigenvalue weighted by Crippen LogP contribution is 2.15. The van der Waals surface area contributed by atoms with Gasteiger partial charge in [-0.3, -0.25) is 5.10 Å². The predicted octanol–water partition coefficient (Wildman–Crippen LogP) is 2.42. The first kappa shape index (κ1) is 13.6. The molecule has 0 aliphatic carbocycles. The van der Waals surface area contributed by atoms with Gasteiger partial charge in [0.2, 0.25) is 0 Å². The lowest BCUT2D eigenvalue weighted by Crippen LogP contribution is -2.20. The van der Waals surface area contributed by atoms with Gasteiger partial charge in [0.05, 0.1) is 11.4 Å². The number of nitrogens with zero attached hydrogens (tertiary/aromatic N) is 4. The molecule has 0 amide bonds. The van der Waals surface area contributed by atoms with E-state index in [9.17, 15) is 0 Å². The lowest BCUT2D eigenvalue weighted by atomic mass is 10.2. The van der Waals surface area contributed by atoms with Crippen molar-refractivity contribution in [3.8, 4) is 0 Å². The minimum Gasteiger partial charge on any atom is -0.367 e. The number of hydrogen-bond donors (Lipinski definition) is 2. The first-order valence-corrected chi connectivity index (χ1v) is 7.13. The fourth-order valence-electron chi connectivity index (χ4n) is 2.51. The van der Waals surface area contributed by atoms with Crippen LogP contribution in [0.25, 0.3) is 5.65 Å². The standard InChI is InChI=1S/C15H20N6/c1-9(5-13-6-11(3)18-19-13)16-14-7-10(2)17-15-8-12(4)20-21(14)15/h6-9,16H,5H2,1-4H3,(H,18,19)/t9-/m0/s1. The zero-order chi connectivity index (χ0) is 15.0. The van der Waals surface area contributed by atoms with E-state index in [0.29, 0.717) is 0 Å². The van der Waals surface area contributed by atoms with E-state index in [1.54, 1.807) is 0 Å². The highest BCUT2D eigenvalue weighted by Gasteiger charge is 2.11. The molecule has 0 radical (unpaired) electrons. The van der Waals surface area contributed by atoms with Gasteiger partial charge in [0, 0.05) is 36.0 Å². The van der Waals surface area contributed by atoms with Gasteiger partial charge in [-0.15, -0.1) is 0 Å². The van der Waals surface area contributed by atoms with E-state index in [1.807, 2.05) is 37.4 Å². The van der Waals surface area contributed by atoms with Crippen LogP contribution in [0.2, 0.25) is 0 Å². The molecule has 3 aromatic heterocycles. The SMILES string of the molecule is Cc1cc(N[C@@H](C)Cc2cc(C)[nH]n2)n2nc(C)cc2n1. The maximum atomic E-state index is 4.49. The summed E-state index contributed by atoms with van der Waals surface area (Å²) in [7, 11) is 0. The average Bonchev–Trinajstić information content (AvgIpc) is 2.94. The molecule has 3 heterocycles. The third kappa shape index (κ3) is 2.89. The molecule has 0 spiro atoms. The molecular weight excluding hydrogens is 264 g/mol. The number of anilines is 1. The van der Waals surface area contributed by atoms with Crippen LogP contribution in [0.4, 0.5) is 5.82 Å². The summed E-state index contributed by atoms with van der Waals surface area (Å²) in [5, 5.41) is 15.2. The molecule has 1 atom stereocenters. The Kier molecular flexibility index (Phi) is 3.37. The van der Waals surface area contributed by atoms with E-state index in [-0.39, 0.29) is 6.04 Å². The topological polar surface area (TPSA) is 70.9 Å². The Hall–Kier alpha value is -2.37. The molecule has 2 N–H and O–H groups in total. The summed E-state index contributed by atoms with van der Waals surface area (Å²) in [5.74, 6) is 0.963. The number of aryl methyl sites for hydroxylation is 3. The van der Waals surface area contributed by atoms with Crippen LogP contribution in [-0.2, 0) is 6.42 Å². The Morgan fingerprint density at radius 2 is 2.00 bits per heavy atom. The molecule has 0 bridgehead atoms. The van der Waals surface area contributed by atoms with Crippen LogP contribution < -0.4 is 5.32 Å². The lowest BCUT2D eigenvalue weighted by molar-refractivity contribution is 0.749. The van der Waals surface area contributed by atoms with Gasteiger partial charge >= 0.3 is 0 Å². The molecule has 6 heteroatoms. The van der Waals surface area contributed by atoms with Gasteiger partial charge in [-0.1, -0.05) is 0 Å². The summed E-state index contributed by atoms with van der Waals surface area (Å²) < 4.78 is 1.86.